The van der Waals surface area contributed by atoms with Crippen molar-refractivity contribution in [3.8, 4) is 5.75 Å². The van der Waals surface area contributed by atoms with Gasteiger partial charge >= 0.3 is 0 Å². The number of hydrogen-bond donors (Lipinski definition) is 1. The molecule has 0 saturated carbocycles. The minimum absolute atomic E-state index is 0.125. The summed E-state index contributed by atoms with van der Waals surface area (Å²) in [6, 6.07) is 18.7. The van der Waals surface area contributed by atoms with E-state index in [0.717, 1.165) is 25.1 Å². The van der Waals surface area contributed by atoms with Crippen LogP contribution in [0.4, 0.5) is 0 Å². The standard InChI is InChI=1S/C16H17NO/c1-2-6-13(7-3-1)12-17-16-11-10-14-8-4-5-9-15(14)18-16/h1-9,16-17H,10-12H2. The van der Waals surface area contributed by atoms with Crippen LogP contribution in [0.2, 0.25) is 0 Å². The van der Waals surface area contributed by atoms with Crippen LogP contribution < -0.4 is 10.1 Å². The normalized spacial score (nSPS) is 17.9. The molecule has 1 aliphatic heterocycles. The molecule has 0 fully saturated rings. The molecule has 0 bridgehead atoms. The number of para-hydroxylation sites is 1. The van der Waals surface area contributed by atoms with Gasteiger partial charge in [-0.05, 0) is 23.6 Å². The zero-order valence-electron chi connectivity index (χ0n) is 10.3. The molecule has 0 amide bonds. The Hall–Kier alpha value is -1.80. The van der Waals surface area contributed by atoms with Gasteiger partial charge in [0, 0.05) is 13.0 Å². The predicted octanol–water partition coefficient (Wildman–Crippen LogP) is 3.13. The summed E-state index contributed by atoms with van der Waals surface area (Å²) in [5.74, 6) is 1.02. The quantitative estimate of drug-likeness (QED) is 0.888. The SMILES string of the molecule is c1ccc(CNC2CCc3ccccc3O2)cc1. The smallest absolute Gasteiger partial charge is 0.150 e. The van der Waals surface area contributed by atoms with Crippen molar-refractivity contribution in [2.75, 3.05) is 0 Å². The van der Waals surface area contributed by atoms with Crippen LogP contribution in [0.1, 0.15) is 17.5 Å². The first-order chi connectivity index (χ1) is 8.92. The number of benzene rings is 2. The van der Waals surface area contributed by atoms with Crippen LogP contribution in [0.5, 0.6) is 5.75 Å². The van der Waals surface area contributed by atoms with Crippen molar-refractivity contribution in [3.05, 3.63) is 65.7 Å². The minimum atomic E-state index is 0.125. The van der Waals surface area contributed by atoms with E-state index in [1.165, 1.54) is 11.1 Å². The Morgan fingerprint density at radius 2 is 1.78 bits per heavy atom. The molecule has 1 atom stereocenters. The maximum absolute atomic E-state index is 5.94. The molecule has 0 saturated heterocycles. The van der Waals surface area contributed by atoms with Crippen LogP contribution in [0.25, 0.3) is 0 Å². The molecule has 0 aromatic heterocycles. The maximum Gasteiger partial charge on any atom is 0.150 e. The number of hydrogen-bond acceptors (Lipinski definition) is 2. The van der Waals surface area contributed by atoms with Crippen LogP contribution in [0.15, 0.2) is 54.6 Å². The zero-order chi connectivity index (χ0) is 12.2. The Balaban J connectivity index is 1.60. The van der Waals surface area contributed by atoms with Crippen LogP contribution in [0.3, 0.4) is 0 Å². The minimum Gasteiger partial charge on any atom is -0.475 e. The summed E-state index contributed by atoms with van der Waals surface area (Å²) in [6.07, 6.45) is 2.24. The third-order valence-corrected chi connectivity index (χ3v) is 3.29. The number of aryl methyl sites for hydroxylation is 1. The van der Waals surface area contributed by atoms with E-state index in [4.69, 9.17) is 4.74 Å². The molecule has 2 aromatic carbocycles. The lowest BCUT2D eigenvalue weighted by molar-refractivity contribution is 0.136. The first-order valence-corrected chi connectivity index (χ1v) is 6.44. The molecule has 1 aliphatic rings. The fraction of sp³-hybridized carbons (Fsp3) is 0.250. The monoisotopic (exact) mass is 239 g/mol. The fourth-order valence-electron chi connectivity index (χ4n) is 2.30. The molecule has 0 spiro atoms. The topological polar surface area (TPSA) is 21.3 Å². The van der Waals surface area contributed by atoms with Crippen LogP contribution in [0, 0.1) is 0 Å². The van der Waals surface area contributed by atoms with Crippen molar-refractivity contribution in [2.24, 2.45) is 0 Å². The van der Waals surface area contributed by atoms with Gasteiger partial charge in [0.15, 0.2) is 6.23 Å². The molecule has 0 radical (unpaired) electrons. The molecular formula is C16H17NO. The summed E-state index contributed by atoms with van der Waals surface area (Å²) in [4.78, 5) is 0. The number of ether oxygens (including phenoxy) is 1. The second-order valence-corrected chi connectivity index (χ2v) is 4.62. The van der Waals surface area contributed by atoms with Crippen molar-refractivity contribution in [1.82, 2.24) is 5.32 Å². The van der Waals surface area contributed by atoms with Gasteiger partial charge in [-0.3, -0.25) is 5.32 Å². The van der Waals surface area contributed by atoms with E-state index in [0.29, 0.717) is 0 Å². The van der Waals surface area contributed by atoms with Gasteiger partial charge in [0.2, 0.25) is 0 Å². The first kappa shape index (κ1) is 11.3. The Morgan fingerprint density at radius 1 is 1.00 bits per heavy atom. The highest BCUT2D eigenvalue weighted by Gasteiger charge is 2.18. The van der Waals surface area contributed by atoms with Crippen LogP contribution >= 0.6 is 0 Å². The summed E-state index contributed by atoms with van der Waals surface area (Å²) in [7, 11) is 0. The molecule has 3 rings (SSSR count). The van der Waals surface area contributed by atoms with Crippen molar-refractivity contribution in [3.63, 3.8) is 0 Å². The van der Waals surface area contributed by atoms with Crippen molar-refractivity contribution < 1.29 is 4.74 Å². The van der Waals surface area contributed by atoms with Crippen molar-refractivity contribution in [2.45, 2.75) is 25.6 Å². The molecule has 1 unspecified atom stereocenters. The third-order valence-electron chi connectivity index (χ3n) is 3.29. The molecule has 0 aliphatic carbocycles. The second kappa shape index (κ2) is 5.23. The van der Waals surface area contributed by atoms with Gasteiger partial charge in [-0.15, -0.1) is 0 Å². The van der Waals surface area contributed by atoms with Crippen LogP contribution in [-0.2, 0) is 13.0 Å². The van der Waals surface area contributed by atoms with Gasteiger partial charge in [-0.2, -0.15) is 0 Å². The van der Waals surface area contributed by atoms with Crippen LogP contribution in [-0.4, -0.2) is 6.23 Å². The summed E-state index contributed by atoms with van der Waals surface area (Å²) in [5, 5.41) is 3.46. The van der Waals surface area contributed by atoms with E-state index in [1.807, 2.05) is 18.2 Å². The van der Waals surface area contributed by atoms with Gasteiger partial charge in [0.05, 0.1) is 0 Å². The summed E-state index contributed by atoms with van der Waals surface area (Å²) in [5.41, 5.74) is 2.61. The molecule has 2 heteroatoms. The average molecular weight is 239 g/mol. The second-order valence-electron chi connectivity index (χ2n) is 4.62. The highest BCUT2D eigenvalue weighted by atomic mass is 16.5. The van der Waals surface area contributed by atoms with E-state index < -0.39 is 0 Å². The predicted molar refractivity (Wildman–Crippen MR) is 72.5 cm³/mol. The molecule has 92 valence electrons. The van der Waals surface area contributed by atoms with E-state index in [9.17, 15) is 0 Å². The molecule has 2 aromatic rings. The van der Waals surface area contributed by atoms with Crippen molar-refractivity contribution in [1.29, 1.82) is 0 Å². The molecule has 1 N–H and O–H groups in total. The number of rotatable bonds is 3. The third kappa shape index (κ3) is 2.54. The zero-order valence-corrected chi connectivity index (χ0v) is 10.3. The lowest BCUT2D eigenvalue weighted by atomic mass is 10.1. The van der Waals surface area contributed by atoms with E-state index >= 15 is 0 Å². The molecular weight excluding hydrogens is 222 g/mol. The van der Waals surface area contributed by atoms with Crippen molar-refractivity contribution >= 4 is 0 Å². The fourth-order valence-corrected chi connectivity index (χ4v) is 2.30. The largest absolute Gasteiger partial charge is 0.475 e. The Morgan fingerprint density at radius 3 is 2.67 bits per heavy atom. The van der Waals surface area contributed by atoms with E-state index in [1.54, 1.807) is 0 Å². The lowest BCUT2D eigenvalue weighted by Crippen LogP contribution is -2.36. The van der Waals surface area contributed by atoms with Gasteiger partial charge in [-0.25, -0.2) is 0 Å². The Kier molecular flexibility index (Phi) is 3.29. The Labute approximate surface area is 108 Å². The number of nitrogens with one attached hydrogen (secondary N) is 1. The number of fused-ring (bicyclic) bond motifs is 1. The first-order valence-electron chi connectivity index (χ1n) is 6.44. The lowest BCUT2D eigenvalue weighted by Gasteiger charge is -2.26. The molecule has 2 nitrogen and oxygen atoms in total. The summed E-state index contributed by atoms with van der Waals surface area (Å²) < 4.78 is 5.94. The van der Waals surface area contributed by atoms with E-state index in [2.05, 4.69) is 41.7 Å². The van der Waals surface area contributed by atoms with Gasteiger partial charge in [0.1, 0.15) is 5.75 Å². The summed E-state index contributed by atoms with van der Waals surface area (Å²) in [6.45, 7) is 0.855. The van der Waals surface area contributed by atoms with Gasteiger partial charge in [-0.1, -0.05) is 48.5 Å². The maximum atomic E-state index is 5.94. The highest BCUT2D eigenvalue weighted by molar-refractivity contribution is 5.35. The van der Waals surface area contributed by atoms with Gasteiger partial charge in [0.25, 0.3) is 0 Å². The molecule has 18 heavy (non-hydrogen) atoms. The Bertz CT molecular complexity index is 510. The summed E-state index contributed by atoms with van der Waals surface area (Å²) >= 11 is 0. The average Bonchev–Trinajstić information content (AvgIpc) is 2.46. The highest BCUT2D eigenvalue weighted by Crippen LogP contribution is 2.26. The van der Waals surface area contributed by atoms with Gasteiger partial charge < -0.3 is 4.74 Å². The molecule has 1 heterocycles. The van der Waals surface area contributed by atoms with E-state index in [-0.39, 0.29) is 6.23 Å².